The Morgan fingerprint density at radius 1 is 1.19 bits per heavy atom. The SMILES string of the molecule is CCCNc1ncc(C(=O)Nc2ccc(C)cc2C)cn1. The van der Waals surface area contributed by atoms with Crippen molar-refractivity contribution in [2.45, 2.75) is 27.2 Å². The Kier molecular flexibility index (Phi) is 4.87. The third-order valence-corrected chi connectivity index (χ3v) is 3.08. The summed E-state index contributed by atoms with van der Waals surface area (Å²) in [5.74, 6) is 0.337. The van der Waals surface area contributed by atoms with Gasteiger partial charge >= 0.3 is 0 Å². The standard InChI is InChI=1S/C16H20N4O/c1-4-7-17-16-18-9-13(10-19-16)15(21)20-14-6-5-11(2)8-12(14)3/h5-6,8-10H,4,7H2,1-3H3,(H,20,21)(H,17,18,19). The van der Waals surface area contributed by atoms with Crippen LogP contribution in [0.1, 0.15) is 34.8 Å². The van der Waals surface area contributed by atoms with Gasteiger partial charge in [-0.1, -0.05) is 24.6 Å². The van der Waals surface area contributed by atoms with Gasteiger partial charge in [-0.15, -0.1) is 0 Å². The van der Waals surface area contributed by atoms with Gasteiger partial charge in [-0.05, 0) is 31.9 Å². The minimum atomic E-state index is -0.205. The van der Waals surface area contributed by atoms with E-state index in [0.29, 0.717) is 11.5 Å². The van der Waals surface area contributed by atoms with Crippen LogP contribution >= 0.6 is 0 Å². The molecule has 0 unspecified atom stereocenters. The lowest BCUT2D eigenvalue weighted by Crippen LogP contribution is -2.14. The summed E-state index contributed by atoms with van der Waals surface area (Å²) < 4.78 is 0. The summed E-state index contributed by atoms with van der Waals surface area (Å²) in [5.41, 5.74) is 3.45. The molecule has 0 aliphatic carbocycles. The Morgan fingerprint density at radius 3 is 2.52 bits per heavy atom. The zero-order valence-corrected chi connectivity index (χ0v) is 12.6. The maximum Gasteiger partial charge on any atom is 0.258 e. The summed E-state index contributed by atoms with van der Waals surface area (Å²) in [6.45, 7) is 6.87. The quantitative estimate of drug-likeness (QED) is 0.885. The number of aromatic nitrogens is 2. The first-order valence-electron chi connectivity index (χ1n) is 7.04. The molecule has 1 heterocycles. The Morgan fingerprint density at radius 2 is 1.90 bits per heavy atom. The molecule has 0 aliphatic rings. The first-order chi connectivity index (χ1) is 10.1. The van der Waals surface area contributed by atoms with Crippen LogP contribution in [0.4, 0.5) is 11.6 Å². The number of anilines is 2. The van der Waals surface area contributed by atoms with Gasteiger partial charge in [0.1, 0.15) is 0 Å². The summed E-state index contributed by atoms with van der Waals surface area (Å²) in [6, 6.07) is 5.90. The maximum atomic E-state index is 12.2. The molecule has 0 radical (unpaired) electrons. The van der Waals surface area contributed by atoms with E-state index >= 15 is 0 Å². The summed E-state index contributed by atoms with van der Waals surface area (Å²) in [4.78, 5) is 20.4. The number of hydrogen-bond donors (Lipinski definition) is 2. The van der Waals surface area contributed by atoms with Crippen LogP contribution < -0.4 is 10.6 Å². The highest BCUT2D eigenvalue weighted by Crippen LogP contribution is 2.17. The number of hydrogen-bond acceptors (Lipinski definition) is 4. The molecule has 2 rings (SSSR count). The molecule has 2 N–H and O–H groups in total. The van der Waals surface area contributed by atoms with Crippen molar-refractivity contribution >= 4 is 17.5 Å². The van der Waals surface area contributed by atoms with Gasteiger partial charge in [0.15, 0.2) is 0 Å². The number of nitrogens with zero attached hydrogens (tertiary/aromatic N) is 2. The molecular weight excluding hydrogens is 264 g/mol. The summed E-state index contributed by atoms with van der Waals surface area (Å²) >= 11 is 0. The number of rotatable bonds is 5. The first-order valence-corrected chi connectivity index (χ1v) is 7.04. The van der Waals surface area contributed by atoms with Crippen molar-refractivity contribution in [2.75, 3.05) is 17.2 Å². The molecule has 110 valence electrons. The van der Waals surface area contributed by atoms with E-state index in [9.17, 15) is 4.79 Å². The Balaban J connectivity index is 2.06. The molecule has 1 amide bonds. The van der Waals surface area contributed by atoms with E-state index in [-0.39, 0.29) is 5.91 Å². The van der Waals surface area contributed by atoms with E-state index in [1.807, 2.05) is 32.0 Å². The van der Waals surface area contributed by atoms with Crippen LogP contribution in [-0.2, 0) is 0 Å². The van der Waals surface area contributed by atoms with E-state index < -0.39 is 0 Å². The minimum absolute atomic E-state index is 0.205. The fourth-order valence-electron chi connectivity index (χ4n) is 1.92. The van der Waals surface area contributed by atoms with Crippen molar-refractivity contribution in [1.82, 2.24) is 9.97 Å². The third-order valence-electron chi connectivity index (χ3n) is 3.08. The van der Waals surface area contributed by atoms with Gasteiger partial charge in [-0.25, -0.2) is 9.97 Å². The molecule has 0 saturated heterocycles. The third kappa shape index (κ3) is 4.02. The average Bonchev–Trinajstić information content (AvgIpc) is 2.48. The monoisotopic (exact) mass is 284 g/mol. The molecule has 21 heavy (non-hydrogen) atoms. The van der Waals surface area contributed by atoms with Crippen molar-refractivity contribution < 1.29 is 4.79 Å². The predicted octanol–water partition coefficient (Wildman–Crippen LogP) is 3.17. The van der Waals surface area contributed by atoms with Crippen LogP contribution in [0.3, 0.4) is 0 Å². The van der Waals surface area contributed by atoms with E-state index in [4.69, 9.17) is 0 Å². The molecule has 2 aromatic rings. The molecule has 0 bridgehead atoms. The van der Waals surface area contributed by atoms with Crippen molar-refractivity contribution in [3.63, 3.8) is 0 Å². The van der Waals surface area contributed by atoms with Gasteiger partial charge in [-0.2, -0.15) is 0 Å². The Labute approximate surface area is 124 Å². The van der Waals surface area contributed by atoms with Crippen molar-refractivity contribution in [2.24, 2.45) is 0 Å². The molecule has 0 fully saturated rings. The van der Waals surface area contributed by atoms with Crippen LogP contribution in [0.25, 0.3) is 0 Å². The number of amides is 1. The summed E-state index contributed by atoms with van der Waals surface area (Å²) in [5, 5.41) is 5.95. The summed E-state index contributed by atoms with van der Waals surface area (Å²) in [6.07, 6.45) is 4.06. The molecule has 0 aliphatic heterocycles. The fourth-order valence-corrected chi connectivity index (χ4v) is 1.92. The Bertz CT molecular complexity index is 623. The number of aryl methyl sites for hydroxylation is 2. The second-order valence-corrected chi connectivity index (χ2v) is 4.99. The van der Waals surface area contributed by atoms with Gasteiger partial charge in [0.2, 0.25) is 5.95 Å². The highest BCUT2D eigenvalue weighted by molar-refractivity contribution is 6.04. The Hall–Kier alpha value is -2.43. The molecule has 5 nitrogen and oxygen atoms in total. The fraction of sp³-hybridized carbons (Fsp3) is 0.312. The number of carbonyl (C=O) groups excluding carboxylic acids is 1. The second kappa shape index (κ2) is 6.83. The van der Waals surface area contributed by atoms with Crippen LogP contribution in [-0.4, -0.2) is 22.4 Å². The second-order valence-electron chi connectivity index (χ2n) is 4.99. The minimum Gasteiger partial charge on any atom is -0.354 e. The largest absolute Gasteiger partial charge is 0.354 e. The van der Waals surface area contributed by atoms with E-state index in [1.54, 1.807) is 0 Å². The topological polar surface area (TPSA) is 66.9 Å². The van der Waals surface area contributed by atoms with Crippen LogP contribution in [0.15, 0.2) is 30.6 Å². The zero-order valence-electron chi connectivity index (χ0n) is 12.6. The highest BCUT2D eigenvalue weighted by Gasteiger charge is 2.09. The van der Waals surface area contributed by atoms with Gasteiger partial charge in [0.05, 0.1) is 5.56 Å². The van der Waals surface area contributed by atoms with Gasteiger partial charge < -0.3 is 10.6 Å². The van der Waals surface area contributed by atoms with Crippen molar-refractivity contribution in [1.29, 1.82) is 0 Å². The van der Waals surface area contributed by atoms with Gasteiger partial charge in [0.25, 0.3) is 5.91 Å². The lowest BCUT2D eigenvalue weighted by atomic mass is 10.1. The number of carbonyl (C=O) groups is 1. The van der Waals surface area contributed by atoms with E-state index in [1.165, 1.54) is 18.0 Å². The van der Waals surface area contributed by atoms with Crippen LogP contribution in [0.2, 0.25) is 0 Å². The smallest absolute Gasteiger partial charge is 0.258 e. The normalized spacial score (nSPS) is 10.2. The van der Waals surface area contributed by atoms with E-state index in [2.05, 4.69) is 27.5 Å². The molecule has 5 heteroatoms. The molecule has 1 aromatic heterocycles. The van der Waals surface area contributed by atoms with Crippen molar-refractivity contribution in [3.8, 4) is 0 Å². The molecule has 0 spiro atoms. The van der Waals surface area contributed by atoms with Gasteiger partial charge in [0, 0.05) is 24.6 Å². The lowest BCUT2D eigenvalue weighted by molar-refractivity contribution is 0.102. The maximum absolute atomic E-state index is 12.2. The van der Waals surface area contributed by atoms with Crippen molar-refractivity contribution in [3.05, 3.63) is 47.3 Å². The number of benzene rings is 1. The molecule has 1 aromatic carbocycles. The average molecular weight is 284 g/mol. The first kappa shape index (κ1) is 15.0. The lowest BCUT2D eigenvalue weighted by Gasteiger charge is -2.09. The van der Waals surface area contributed by atoms with E-state index in [0.717, 1.165) is 24.2 Å². The highest BCUT2D eigenvalue weighted by atomic mass is 16.1. The molecule has 0 atom stereocenters. The van der Waals surface area contributed by atoms with Crippen LogP contribution in [0, 0.1) is 13.8 Å². The zero-order chi connectivity index (χ0) is 15.2. The van der Waals surface area contributed by atoms with Crippen LogP contribution in [0.5, 0.6) is 0 Å². The molecular formula is C16H20N4O. The molecule has 0 saturated carbocycles. The number of nitrogens with one attached hydrogen (secondary N) is 2. The predicted molar refractivity (Wildman–Crippen MR) is 84.7 cm³/mol. The summed E-state index contributed by atoms with van der Waals surface area (Å²) in [7, 11) is 0. The van der Waals surface area contributed by atoms with Gasteiger partial charge in [-0.3, -0.25) is 4.79 Å².